The molecule has 160 valence electrons. The largest absolute Gasteiger partial charge is 0.417 e. The van der Waals surface area contributed by atoms with E-state index in [-0.39, 0.29) is 10.9 Å². The highest BCUT2D eigenvalue weighted by molar-refractivity contribution is 6.33. The first-order valence-electron chi connectivity index (χ1n) is 9.76. The number of piperazine rings is 1. The summed E-state index contributed by atoms with van der Waals surface area (Å²) in [7, 11) is 0. The Morgan fingerprint density at radius 1 is 0.935 bits per heavy atom. The van der Waals surface area contributed by atoms with Gasteiger partial charge in [0.15, 0.2) is 0 Å². The van der Waals surface area contributed by atoms with Gasteiger partial charge in [0.1, 0.15) is 5.82 Å². The first kappa shape index (κ1) is 21.2. The molecule has 0 bridgehead atoms. The molecule has 0 saturated carbocycles. The van der Waals surface area contributed by atoms with Crippen LogP contribution in [-0.4, -0.2) is 42.0 Å². The quantitative estimate of drug-likeness (QED) is 0.543. The molecule has 2 aromatic carbocycles. The van der Waals surface area contributed by atoms with Gasteiger partial charge in [0, 0.05) is 37.9 Å². The molecular weight excluding hydrogens is 427 g/mol. The van der Waals surface area contributed by atoms with E-state index >= 15 is 0 Å². The predicted octanol–water partition coefficient (Wildman–Crippen LogP) is 5.38. The van der Waals surface area contributed by atoms with Crippen molar-refractivity contribution in [2.75, 3.05) is 31.1 Å². The van der Waals surface area contributed by atoms with Crippen molar-refractivity contribution in [3.63, 3.8) is 0 Å². The second kappa shape index (κ2) is 8.59. The molecule has 0 N–H and O–H groups in total. The summed E-state index contributed by atoms with van der Waals surface area (Å²) in [5.41, 5.74) is 1.56. The fourth-order valence-corrected chi connectivity index (χ4v) is 3.94. The van der Waals surface area contributed by atoms with Crippen LogP contribution in [0.3, 0.4) is 0 Å². The molecule has 1 amide bonds. The smallest absolute Gasteiger partial charge is 0.352 e. The molecule has 4 nitrogen and oxygen atoms in total. The van der Waals surface area contributed by atoms with Crippen LogP contribution < -0.4 is 4.90 Å². The third kappa shape index (κ3) is 4.51. The first-order valence-corrected chi connectivity index (χ1v) is 10.1. The van der Waals surface area contributed by atoms with E-state index in [1.165, 1.54) is 0 Å². The molecule has 1 saturated heterocycles. The SMILES string of the molecule is O=C(c1ccccc1-c1ccccc1)N1CCN(c2ncc(C(F)(F)F)cc2Cl)CC1. The number of carbonyl (C=O) groups is 1. The van der Waals surface area contributed by atoms with Crippen LogP contribution in [0.1, 0.15) is 15.9 Å². The second-order valence-corrected chi connectivity index (χ2v) is 7.63. The standard InChI is InChI=1S/C23H19ClF3N3O/c24-20-14-17(23(25,26)27)15-28-21(20)29-10-12-30(13-11-29)22(31)19-9-5-4-8-18(19)16-6-2-1-3-7-16/h1-9,14-15H,10-13H2. The van der Waals surface area contributed by atoms with Gasteiger partial charge in [0.2, 0.25) is 0 Å². The number of alkyl halides is 3. The minimum Gasteiger partial charge on any atom is -0.352 e. The lowest BCUT2D eigenvalue weighted by atomic mass is 9.98. The van der Waals surface area contributed by atoms with E-state index in [9.17, 15) is 18.0 Å². The van der Waals surface area contributed by atoms with E-state index in [4.69, 9.17) is 11.6 Å². The molecule has 1 aliphatic heterocycles. The van der Waals surface area contributed by atoms with Crippen LogP contribution in [0.2, 0.25) is 5.02 Å². The number of anilines is 1. The topological polar surface area (TPSA) is 36.4 Å². The molecule has 3 aromatic rings. The molecule has 0 atom stereocenters. The van der Waals surface area contributed by atoms with E-state index in [0.29, 0.717) is 37.6 Å². The molecule has 1 fully saturated rings. The van der Waals surface area contributed by atoms with Crippen molar-refractivity contribution in [1.29, 1.82) is 0 Å². The highest BCUT2D eigenvalue weighted by Crippen LogP contribution is 2.34. The molecule has 2 heterocycles. The summed E-state index contributed by atoms with van der Waals surface area (Å²) in [6.07, 6.45) is -3.71. The lowest BCUT2D eigenvalue weighted by molar-refractivity contribution is -0.137. The lowest BCUT2D eigenvalue weighted by Crippen LogP contribution is -2.49. The van der Waals surface area contributed by atoms with Crippen molar-refractivity contribution < 1.29 is 18.0 Å². The molecule has 1 aliphatic rings. The van der Waals surface area contributed by atoms with Gasteiger partial charge in [-0.05, 0) is 23.3 Å². The monoisotopic (exact) mass is 445 g/mol. The Bertz CT molecular complexity index is 1080. The van der Waals surface area contributed by atoms with Gasteiger partial charge in [-0.2, -0.15) is 13.2 Å². The Morgan fingerprint density at radius 2 is 1.58 bits per heavy atom. The molecule has 4 rings (SSSR count). The van der Waals surface area contributed by atoms with Crippen LogP contribution in [0.25, 0.3) is 11.1 Å². The number of rotatable bonds is 3. The third-order valence-electron chi connectivity index (χ3n) is 5.26. The number of hydrogen-bond acceptors (Lipinski definition) is 3. The van der Waals surface area contributed by atoms with Crippen LogP contribution >= 0.6 is 11.6 Å². The van der Waals surface area contributed by atoms with Gasteiger partial charge in [0.25, 0.3) is 5.91 Å². The summed E-state index contributed by atoms with van der Waals surface area (Å²) >= 11 is 6.07. The summed E-state index contributed by atoms with van der Waals surface area (Å²) in [5.74, 6) is 0.219. The first-order chi connectivity index (χ1) is 14.8. The molecule has 0 spiro atoms. The molecular formula is C23H19ClF3N3O. The van der Waals surface area contributed by atoms with Crippen LogP contribution in [-0.2, 0) is 6.18 Å². The highest BCUT2D eigenvalue weighted by Gasteiger charge is 2.32. The number of aromatic nitrogens is 1. The van der Waals surface area contributed by atoms with Gasteiger partial charge in [-0.25, -0.2) is 4.98 Å². The van der Waals surface area contributed by atoms with E-state index in [1.54, 1.807) is 9.80 Å². The molecule has 0 unspecified atom stereocenters. The average molecular weight is 446 g/mol. The van der Waals surface area contributed by atoms with Gasteiger partial charge in [-0.3, -0.25) is 4.79 Å². The Balaban J connectivity index is 1.49. The van der Waals surface area contributed by atoms with Gasteiger partial charge in [-0.15, -0.1) is 0 Å². The van der Waals surface area contributed by atoms with Gasteiger partial charge in [-0.1, -0.05) is 60.1 Å². The third-order valence-corrected chi connectivity index (χ3v) is 5.54. The minimum absolute atomic E-state index is 0.0518. The van der Waals surface area contributed by atoms with Crippen LogP contribution in [0.4, 0.5) is 19.0 Å². The molecule has 31 heavy (non-hydrogen) atoms. The van der Waals surface area contributed by atoms with Gasteiger partial charge < -0.3 is 9.80 Å². The molecule has 0 aliphatic carbocycles. The summed E-state index contributed by atoms with van der Waals surface area (Å²) < 4.78 is 38.5. The number of hydrogen-bond donors (Lipinski definition) is 0. The fraction of sp³-hybridized carbons (Fsp3) is 0.217. The van der Waals surface area contributed by atoms with Crippen molar-refractivity contribution in [3.8, 4) is 11.1 Å². The van der Waals surface area contributed by atoms with Crippen molar-refractivity contribution in [2.45, 2.75) is 6.18 Å². The van der Waals surface area contributed by atoms with Crippen molar-refractivity contribution in [2.24, 2.45) is 0 Å². The zero-order valence-electron chi connectivity index (χ0n) is 16.4. The van der Waals surface area contributed by atoms with E-state index in [2.05, 4.69) is 4.98 Å². The number of pyridine rings is 1. The number of nitrogens with zero attached hydrogens (tertiary/aromatic N) is 3. The lowest BCUT2D eigenvalue weighted by Gasteiger charge is -2.36. The Labute approximate surface area is 182 Å². The Kier molecular flexibility index (Phi) is 5.87. The Hall–Kier alpha value is -3.06. The predicted molar refractivity (Wildman–Crippen MR) is 114 cm³/mol. The molecule has 0 radical (unpaired) electrons. The molecule has 8 heteroatoms. The number of halogens is 4. The maximum Gasteiger partial charge on any atom is 0.417 e. The summed E-state index contributed by atoms with van der Waals surface area (Å²) in [5, 5.41) is -0.0518. The van der Waals surface area contributed by atoms with Crippen LogP contribution in [0, 0.1) is 0 Å². The number of benzene rings is 2. The van der Waals surface area contributed by atoms with E-state index in [1.807, 2.05) is 54.6 Å². The zero-order valence-corrected chi connectivity index (χ0v) is 17.2. The number of carbonyl (C=O) groups excluding carboxylic acids is 1. The average Bonchev–Trinajstić information content (AvgIpc) is 2.79. The summed E-state index contributed by atoms with van der Waals surface area (Å²) in [6, 6.07) is 18.1. The van der Waals surface area contributed by atoms with E-state index < -0.39 is 11.7 Å². The molecule has 1 aromatic heterocycles. The maximum absolute atomic E-state index is 13.2. The number of amides is 1. The second-order valence-electron chi connectivity index (χ2n) is 7.22. The normalized spacial score (nSPS) is 14.6. The van der Waals surface area contributed by atoms with E-state index in [0.717, 1.165) is 23.4 Å². The van der Waals surface area contributed by atoms with Crippen molar-refractivity contribution in [1.82, 2.24) is 9.88 Å². The van der Waals surface area contributed by atoms with Gasteiger partial charge >= 0.3 is 6.18 Å². The van der Waals surface area contributed by atoms with Crippen LogP contribution in [0.15, 0.2) is 66.9 Å². The fourth-order valence-electron chi connectivity index (χ4n) is 3.65. The summed E-state index contributed by atoms with van der Waals surface area (Å²) in [6.45, 7) is 1.69. The highest BCUT2D eigenvalue weighted by atomic mass is 35.5. The summed E-state index contributed by atoms with van der Waals surface area (Å²) in [4.78, 5) is 20.7. The van der Waals surface area contributed by atoms with Gasteiger partial charge in [0.05, 0.1) is 10.6 Å². The minimum atomic E-state index is -4.49. The maximum atomic E-state index is 13.2. The van der Waals surface area contributed by atoms with Crippen molar-refractivity contribution >= 4 is 23.3 Å². The zero-order chi connectivity index (χ0) is 22.0. The van der Waals surface area contributed by atoms with Crippen molar-refractivity contribution in [3.05, 3.63) is 83.0 Å². The Morgan fingerprint density at radius 3 is 2.23 bits per heavy atom. The van der Waals surface area contributed by atoms with Crippen LogP contribution in [0.5, 0.6) is 0 Å².